The fourth-order valence-corrected chi connectivity index (χ4v) is 11.8. The lowest BCUT2D eigenvalue weighted by Crippen LogP contribution is -2.56. The molecular weight excluding hydrogens is 991 g/mol. The lowest BCUT2D eigenvalue weighted by atomic mass is 9.85. The van der Waals surface area contributed by atoms with Gasteiger partial charge in [0.15, 0.2) is 21.4 Å². The van der Waals surface area contributed by atoms with Crippen molar-refractivity contribution in [3.63, 3.8) is 0 Å². The Labute approximate surface area is 444 Å². The van der Waals surface area contributed by atoms with Crippen LogP contribution >= 0.6 is 11.3 Å². The van der Waals surface area contributed by atoms with E-state index >= 15 is 0 Å². The summed E-state index contributed by atoms with van der Waals surface area (Å²) < 4.78 is 43.2. The number of nitrogens with one attached hydrogen (secondary N) is 1. The second-order valence-electron chi connectivity index (χ2n) is 20.8. The SMILES string of the molecule is CCCOc1cccc(Oc2cc3c(cc2CS(=O)(=O)c2cccc(C(=O)CCCCCCCCC(=O)N[C@H](C(=O)N4C[C@H](O)C[C@H]4C(=O)CCc4ccc(-c5scnc5C)cc4)C(C)(C)C)c2)n(C)c(=O)n3C)c1. The molecule has 3 heterocycles. The molecule has 2 amide bonds. The predicted octanol–water partition coefficient (Wildman–Crippen LogP) is 9.86. The highest BCUT2D eigenvalue weighted by Crippen LogP contribution is 2.35. The van der Waals surface area contributed by atoms with Crippen LogP contribution < -0.4 is 20.5 Å². The van der Waals surface area contributed by atoms with Crippen molar-refractivity contribution >= 4 is 55.6 Å². The van der Waals surface area contributed by atoms with Crippen molar-refractivity contribution < 1.29 is 42.2 Å². The molecule has 3 atom stereocenters. The molecule has 7 rings (SSSR count). The molecule has 0 saturated carbocycles. The molecule has 4 aromatic carbocycles. The van der Waals surface area contributed by atoms with Gasteiger partial charge in [-0.2, -0.15) is 0 Å². The molecule has 400 valence electrons. The number of aliphatic hydroxyl groups is 1. The number of aliphatic hydroxyl groups excluding tert-OH is 1. The molecule has 1 saturated heterocycles. The van der Waals surface area contributed by atoms with Gasteiger partial charge in [0, 0.05) is 69.6 Å². The second kappa shape index (κ2) is 24.9. The fourth-order valence-electron chi connectivity index (χ4n) is 9.57. The molecule has 0 radical (unpaired) electrons. The Balaban J connectivity index is 0.860. The number of hydrogen-bond donors (Lipinski definition) is 2. The number of β-amino-alcohol motifs (C(OH)–C–C–N with tert-alkyl or cyclic N) is 1. The summed E-state index contributed by atoms with van der Waals surface area (Å²) in [6, 6.07) is 22.9. The monoisotopic (exact) mass is 1060 g/mol. The number of aromatic nitrogens is 3. The van der Waals surface area contributed by atoms with Gasteiger partial charge in [-0.1, -0.05) is 95.8 Å². The maximum atomic E-state index is 14.1. The first-order valence-corrected chi connectivity index (χ1v) is 28.5. The van der Waals surface area contributed by atoms with Gasteiger partial charge in [-0.25, -0.2) is 18.2 Å². The normalized spacial score (nSPS) is 15.3. The van der Waals surface area contributed by atoms with Crippen molar-refractivity contribution in [1.29, 1.82) is 0 Å². The summed E-state index contributed by atoms with van der Waals surface area (Å²) in [5, 5.41) is 13.6. The summed E-state index contributed by atoms with van der Waals surface area (Å²) in [4.78, 5) is 74.2. The van der Waals surface area contributed by atoms with Crippen molar-refractivity contribution in [3.8, 4) is 27.7 Å². The van der Waals surface area contributed by atoms with Crippen LogP contribution in [0.1, 0.15) is 126 Å². The summed E-state index contributed by atoms with van der Waals surface area (Å²) in [5.74, 6) is -0.0276. The van der Waals surface area contributed by atoms with Crippen LogP contribution in [0.25, 0.3) is 21.5 Å². The minimum atomic E-state index is -4.00. The molecule has 2 N–H and O–H groups in total. The highest BCUT2D eigenvalue weighted by Gasteiger charge is 2.44. The van der Waals surface area contributed by atoms with E-state index in [1.165, 1.54) is 26.2 Å². The van der Waals surface area contributed by atoms with Crippen LogP contribution in [-0.4, -0.2) is 87.3 Å². The van der Waals surface area contributed by atoms with Gasteiger partial charge >= 0.3 is 5.69 Å². The van der Waals surface area contributed by atoms with Crippen LogP contribution in [0.2, 0.25) is 0 Å². The number of benzene rings is 4. The van der Waals surface area contributed by atoms with E-state index < -0.39 is 39.2 Å². The Hall–Kier alpha value is -6.43. The minimum Gasteiger partial charge on any atom is -0.493 e. The van der Waals surface area contributed by atoms with Crippen molar-refractivity contribution in [2.45, 2.75) is 141 Å². The molecule has 6 aromatic rings. The van der Waals surface area contributed by atoms with E-state index in [-0.39, 0.29) is 71.9 Å². The summed E-state index contributed by atoms with van der Waals surface area (Å²) in [6.07, 6.45) is 5.80. The zero-order chi connectivity index (χ0) is 54.0. The maximum Gasteiger partial charge on any atom is 0.328 e. The van der Waals surface area contributed by atoms with E-state index in [9.17, 15) is 37.5 Å². The van der Waals surface area contributed by atoms with Gasteiger partial charge in [0.25, 0.3) is 0 Å². The quantitative estimate of drug-likeness (QED) is 0.0409. The number of rotatable bonds is 25. The molecule has 1 aliphatic rings. The highest BCUT2D eigenvalue weighted by atomic mass is 32.2. The Bertz CT molecular complexity index is 3170. The first-order valence-electron chi connectivity index (χ1n) is 26.0. The summed E-state index contributed by atoms with van der Waals surface area (Å²) in [5.41, 5.74) is 5.72. The molecule has 0 bridgehead atoms. The largest absolute Gasteiger partial charge is 0.493 e. The Morgan fingerprint density at radius 1 is 0.853 bits per heavy atom. The molecule has 15 nitrogen and oxygen atoms in total. The number of likely N-dealkylation sites (tertiary alicyclic amines) is 1. The van der Waals surface area contributed by atoms with Crippen LogP contribution in [0, 0.1) is 12.3 Å². The molecule has 0 spiro atoms. The number of carbonyl (C=O) groups excluding carboxylic acids is 4. The van der Waals surface area contributed by atoms with Gasteiger partial charge in [0.05, 0.1) is 56.5 Å². The van der Waals surface area contributed by atoms with Crippen molar-refractivity contribution in [1.82, 2.24) is 24.3 Å². The van der Waals surface area contributed by atoms with E-state index in [1.54, 1.807) is 67.9 Å². The standard InChI is InChI=1S/C58H71N5O10S2/c1-8-29-72-44-18-16-19-45(33-44)73-52-34-48-47(61(6)57(69)62(48)7)31-42(52)36-75(70,71)46-20-15-17-41(30-46)50(65)21-13-11-9-10-12-14-22-53(67)60-55(58(3,4)5)56(68)63-35-43(64)32-49(63)51(66)28-25-39-23-26-40(27-24-39)54-38(2)59-37-74-54/h15-20,23-24,26-27,30-31,33-34,37,43,49,55,64H,8-14,21-22,25,28-29,32,35-36H2,1-7H3,(H,60,67)/t43-,49+,55-/m1/s1. The fraction of sp³-hybridized carbons (Fsp3) is 0.448. The topological polar surface area (TPSA) is 196 Å². The zero-order valence-corrected chi connectivity index (χ0v) is 45.9. The van der Waals surface area contributed by atoms with Gasteiger partial charge in [0.2, 0.25) is 11.8 Å². The average molecular weight is 1060 g/mol. The maximum absolute atomic E-state index is 14.1. The van der Waals surface area contributed by atoms with Gasteiger partial charge in [-0.05, 0) is 79.5 Å². The number of ketones is 2. The first-order chi connectivity index (χ1) is 35.7. The van der Waals surface area contributed by atoms with Crippen LogP contribution in [0.15, 0.2) is 100 Å². The van der Waals surface area contributed by atoms with E-state index in [2.05, 4.69) is 10.3 Å². The number of sulfone groups is 1. The molecule has 17 heteroatoms. The molecule has 1 aliphatic heterocycles. The van der Waals surface area contributed by atoms with Crippen molar-refractivity contribution in [2.75, 3.05) is 13.2 Å². The number of Topliss-reactive ketones (excluding diaryl/α,β-unsaturated/α-hetero) is 2. The number of hydrogen-bond acceptors (Lipinski definition) is 12. The van der Waals surface area contributed by atoms with Crippen LogP contribution in [0.4, 0.5) is 0 Å². The molecule has 75 heavy (non-hydrogen) atoms. The van der Waals surface area contributed by atoms with Crippen molar-refractivity contribution in [2.24, 2.45) is 19.5 Å². The summed E-state index contributed by atoms with van der Waals surface area (Å²) >= 11 is 1.58. The number of nitrogens with zero attached hydrogens (tertiary/aromatic N) is 4. The van der Waals surface area contributed by atoms with Gasteiger partial charge in [0.1, 0.15) is 23.3 Å². The molecule has 0 unspecified atom stereocenters. The van der Waals surface area contributed by atoms with Gasteiger partial charge < -0.3 is 24.8 Å². The van der Waals surface area contributed by atoms with Crippen LogP contribution in [0.3, 0.4) is 0 Å². The Kier molecular flexibility index (Phi) is 18.7. The molecule has 0 aliphatic carbocycles. The van der Waals surface area contributed by atoms with Gasteiger partial charge in [-0.15, -0.1) is 11.3 Å². The third-order valence-corrected chi connectivity index (χ3v) is 16.5. The van der Waals surface area contributed by atoms with Crippen LogP contribution in [0.5, 0.6) is 17.2 Å². The van der Waals surface area contributed by atoms with E-state index in [1.807, 2.05) is 70.5 Å². The Morgan fingerprint density at radius 3 is 2.20 bits per heavy atom. The molecular formula is C58H71N5O10S2. The number of carbonyl (C=O) groups is 4. The summed E-state index contributed by atoms with van der Waals surface area (Å²) in [6.45, 7) is 10.2. The lowest BCUT2D eigenvalue weighted by molar-refractivity contribution is -0.143. The number of thiazole rings is 1. The average Bonchev–Trinajstić information content (AvgIpc) is 4.06. The highest BCUT2D eigenvalue weighted by molar-refractivity contribution is 7.90. The van der Waals surface area contributed by atoms with E-state index in [0.717, 1.165) is 53.8 Å². The molecule has 2 aromatic heterocycles. The number of fused-ring (bicyclic) bond motifs is 1. The number of unbranched alkanes of at least 4 members (excludes halogenated alkanes) is 5. The third kappa shape index (κ3) is 14.3. The predicted molar refractivity (Wildman–Crippen MR) is 292 cm³/mol. The third-order valence-electron chi connectivity index (χ3n) is 13.9. The first kappa shape index (κ1) is 56.3. The Morgan fingerprint density at radius 2 is 1.52 bits per heavy atom. The zero-order valence-electron chi connectivity index (χ0n) is 44.2. The smallest absolute Gasteiger partial charge is 0.328 e. The molecule has 1 fully saturated rings. The summed E-state index contributed by atoms with van der Waals surface area (Å²) in [7, 11) is -0.729. The number of aryl methyl sites for hydroxylation is 4. The van der Waals surface area contributed by atoms with E-state index in [4.69, 9.17) is 9.47 Å². The van der Waals surface area contributed by atoms with Crippen LogP contribution in [-0.2, 0) is 50.5 Å². The number of imidazole rings is 1. The lowest BCUT2D eigenvalue weighted by Gasteiger charge is -2.35. The number of amides is 2. The van der Waals surface area contributed by atoms with Crippen molar-refractivity contribution in [3.05, 3.63) is 123 Å². The van der Waals surface area contributed by atoms with Gasteiger partial charge in [-0.3, -0.25) is 28.3 Å². The number of ether oxygens (including phenoxy) is 2. The minimum absolute atomic E-state index is 0.000205. The van der Waals surface area contributed by atoms with E-state index in [0.29, 0.717) is 59.5 Å². The second-order valence-corrected chi connectivity index (χ2v) is 23.6.